The van der Waals surface area contributed by atoms with E-state index in [1.807, 2.05) is 19.1 Å². The Morgan fingerprint density at radius 2 is 2.00 bits per heavy atom. The smallest absolute Gasteiger partial charge is 0.272 e. The molecule has 2 aromatic rings. The van der Waals surface area contributed by atoms with E-state index < -0.39 is 10.7 Å². The highest BCUT2D eigenvalue weighted by Gasteiger charge is 2.12. The summed E-state index contributed by atoms with van der Waals surface area (Å²) in [6, 6.07) is 7.05. The highest BCUT2D eigenvalue weighted by Crippen LogP contribution is 2.24. The van der Waals surface area contributed by atoms with Crippen molar-refractivity contribution in [3.63, 3.8) is 0 Å². The van der Waals surface area contributed by atoms with Crippen LogP contribution in [-0.4, -0.2) is 9.91 Å². The second-order valence-electron chi connectivity index (χ2n) is 4.07. The third kappa shape index (κ3) is 3.04. The third-order valence-corrected chi connectivity index (χ3v) is 2.74. The molecule has 1 atom stereocenters. The average molecular weight is 261 g/mol. The molecule has 0 aliphatic heterocycles. The predicted molar refractivity (Wildman–Crippen MR) is 69.3 cm³/mol. The van der Waals surface area contributed by atoms with E-state index in [1.54, 1.807) is 12.4 Å². The number of hydrogen-bond donors (Lipinski definition) is 1. The van der Waals surface area contributed by atoms with Crippen LogP contribution < -0.4 is 5.32 Å². The second-order valence-corrected chi connectivity index (χ2v) is 4.07. The largest absolute Gasteiger partial charge is 0.376 e. The summed E-state index contributed by atoms with van der Waals surface area (Å²) in [5, 5.41) is 13.5. The predicted octanol–water partition coefficient (Wildman–Crippen LogP) is 3.30. The van der Waals surface area contributed by atoms with Gasteiger partial charge in [0, 0.05) is 24.5 Å². The van der Waals surface area contributed by atoms with Gasteiger partial charge in [0.05, 0.1) is 16.7 Å². The summed E-state index contributed by atoms with van der Waals surface area (Å²) in [4.78, 5) is 13.8. The Morgan fingerprint density at radius 3 is 2.58 bits per heavy atom. The molecule has 6 heteroatoms. The van der Waals surface area contributed by atoms with Crippen LogP contribution in [0.25, 0.3) is 0 Å². The first-order chi connectivity index (χ1) is 9.08. The SMILES string of the molecule is CC(Nc1ccc([N+](=O)[O-])cc1F)c1ccncc1. The number of nitro groups is 1. The first-order valence-corrected chi connectivity index (χ1v) is 5.68. The first kappa shape index (κ1) is 12.9. The molecule has 1 aromatic heterocycles. The Labute approximate surface area is 109 Å². The molecule has 0 bridgehead atoms. The molecule has 0 amide bonds. The number of aromatic nitrogens is 1. The second kappa shape index (κ2) is 5.43. The number of halogens is 1. The number of pyridine rings is 1. The minimum absolute atomic E-state index is 0.126. The highest BCUT2D eigenvalue weighted by atomic mass is 19.1. The van der Waals surface area contributed by atoms with E-state index in [-0.39, 0.29) is 17.4 Å². The fourth-order valence-corrected chi connectivity index (χ4v) is 1.70. The van der Waals surface area contributed by atoms with Gasteiger partial charge in [-0.05, 0) is 30.7 Å². The Morgan fingerprint density at radius 1 is 1.32 bits per heavy atom. The van der Waals surface area contributed by atoms with Gasteiger partial charge < -0.3 is 5.32 Å². The number of nitrogens with zero attached hydrogens (tertiary/aromatic N) is 2. The van der Waals surface area contributed by atoms with Crippen molar-refractivity contribution < 1.29 is 9.31 Å². The zero-order valence-electron chi connectivity index (χ0n) is 10.2. The molecule has 1 unspecified atom stereocenters. The highest BCUT2D eigenvalue weighted by molar-refractivity contribution is 5.51. The molecule has 1 aromatic carbocycles. The van der Waals surface area contributed by atoms with Crippen LogP contribution >= 0.6 is 0 Å². The summed E-state index contributed by atoms with van der Waals surface area (Å²) >= 11 is 0. The number of benzene rings is 1. The maximum absolute atomic E-state index is 13.7. The number of hydrogen-bond acceptors (Lipinski definition) is 4. The Bertz CT molecular complexity index is 590. The van der Waals surface area contributed by atoms with Gasteiger partial charge >= 0.3 is 0 Å². The lowest BCUT2D eigenvalue weighted by Crippen LogP contribution is -2.08. The van der Waals surface area contributed by atoms with Gasteiger partial charge in [-0.25, -0.2) is 4.39 Å². The lowest BCUT2D eigenvalue weighted by Gasteiger charge is -2.15. The van der Waals surface area contributed by atoms with Gasteiger partial charge in [-0.15, -0.1) is 0 Å². The van der Waals surface area contributed by atoms with Gasteiger partial charge in [0.15, 0.2) is 5.82 Å². The average Bonchev–Trinajstić information content (AvgIpc) is 2.41. The molecular formula is C13H12FN3O2. The zero-order chi connectivity index (χ0) is 13.8. The van der Waals surface area contributed by atoms with E-state index >= 15 is 0 Å². The molecule has 0 aliphatic carbocycles. The monoisotopic (exact) mass is 261 g/mol. The van der Waals surface area contributed by atoms with Crippen LogP contribution in [0.5, 0.6) is 0 Å². The van der Waals surface area contributed by atoms with Crippen LogP contribution in [0.3, 0.4) is 0 Å². The summed E-state index contributed by atoms with van der Waals surface area (Å²) in [5.74, 6) is -0.643. The number of non-ortho nitro benzene ring substituents is 1. The Hall–Kier alpha value is -2.50. The first-order valence-electron chi connectivity index (χ1n) is 5.68. The quantitative estimate of drug-likeness (QED) is 0.677. The van der Waals surface area contributed by atoms with Crippen LogP contribution in [-0.2, 0) is 0 Å². The molecular weight excluding hydrogens is 249 g/mol. The van der Waals surface area contributed by atoms with Crippen molar-refractivity contribution in [3.8, 4) is 0 Å². The molecule has 0 saturated carbocycles. The Balaban J connectivity index is 2.18. The van der Waals surface area contributed by atoms with Gasteiger partial charge in [-0.2, -0.15) is 0 Å². The summed E-state index contributed by atoms with van der Waals surface area (Å²) in [6.07, 6.45) is 3.30. The molecule has 0 spiro atoms. The van der Waals surface area contributed by atoms with Crippen molar-refractivity contribution in [1.82, 2.24) is 4.98 Å². The van der Waals surface area contributed by atoms with Crippen LogP contribution in [0.15, 0.2) is 42.7 Å². The van der Waals surface area contributed by atoms with Crippen LogP contribution in [0.4, 0.5) is 15.8 Å². The molecule has 1 N–H and O–H groups in total. The van der Waals surface area contributed by atoms with Gasteiger partial charge in [-0.3, -0.25) is 15.1 Å². The van der Waals surface area contributed by atoms with Gasteiger partial charge in [0.1, 0.15) is 0 Å². The van der Waals surface area contributed by atoms with E-state index in [9.17, 15) is 14.5 Å². The van der Waals surface area contributed by atoms with Crippen molar-refractivity contribution in [3.05, 3.63) is 64.2 Å². The summed E-state index contributed by atoms with van der Waals surface area (Å²) in [6.45, 7) is 1.87. The molecule has 0 aliphatic rings. The number of nitrogens with one attached hydrogen (secondary N) is 1. The molecule has 5 nitrogen and oxygen atoms in total. The minimum Gasteiger partial charge on any atom is -0.376 e. The minimum atomic E-state index is -0.643. The number of nitro benzene ring substituents is 1. The van der Waals surface area contributed by atoms with Gasteiger partial charge in [0.25, 0.3) is 5.69 Å². The molecule has 0 radical (unpaired) electrons. The van der Waals surface area contributed by atoms with E-state index in [0.29, 0.717) is 0 Å². The van der Waals surface area contributed by atoms with Gasteiger partial charge in [0.2, 0.25) is 0 Å². The molecule has 1 heterocycles. The standard InChI is InChI=1S/C13H12FN3O2/c1-9(10-4-6-15-7-5-10)16-13-3-2-11(17(18)19)8-12(13)14/h2-9,16H,1H3. The third-order valence-electron chi connectivity index (χ3n) is 2.74. The van der Waals surface area contributed by atoms with Gasteiger partial charge in [-0.1, -0.05) is 0 Å². The van der Waals surface area contributed by atoms with Crippen molar-refractivity contribution in [2.75, 3.05) is 5.32 Å². The van der Waals surface area contributed by atoms with Crippen molar-refractivity contribution in [2.24, 2.45) is 0 Å². The van der Waals surface area contributed by atoms with Crippen molar-refractivity contribution in [2.45, 2.75) is 13.0 Å². The lowest BCUT2D eigenvalue weighted by atomic mass is 10.1. The van der Waals surface area contributed by atoms with E-state index in [4.69, 9.17) is 0 Å². The zero-order valence-corrected chi connectivity index (χ0v) is 10.2. The Kier molecular flexibility index (Phi) is 3.70. The maximum Gasteiger partial charge on any atom is 0.272 e. The van der Waals surface area contributed by atoms with Crippen molar-refractivity contribution >= 4 is 11.4 Å². The van der Waals surface area contributed by atoms with E-state index in [2.05, 4.69) is 10.3 Å². The van der Waals surface area contributed by atoms with Crippen LogP contribution in [0.1, 0.15) is 18.5 Å². The van der Waals surface area contributed by atoms with Crippen LogP contribution in [0, 0.1) is 15.9 Å². The fraction of sp³-hybridized carbons (Fsp3) is 0.154. The van der Waals surface area contributed by atoms with E-state index in [0.717, 1.165) is 11.6 Å². The van der Waals surface area contributed by atoms with E-state index in [1.165, 1.54) is 12.1 Å². The molecule has 2 rings (SSSR count). The topological polar surface area (TPSA) is 68.1 Å². The summed E-state index contributed by atoms with van der Waals surface area (Å²) in [7, 11) is 0. The molecule has 98 valence electrons. The fourth-order valence-electron chi connectivity index (χ4n) is 1.70. The number of anilines is 1. The molecule has 19 heavy (non-hydrogen) atoms. The maximum atomic E-state index is 13.7. The summed E-state index contributed by atoms with van der Waals surface area (Å²) < 4.78 is 13.7. The lowest BCUT2D eigenvalue weighted by molar-refractivity contribution is -0.385. The molecule has 0 saturated heterocycles. The molecule has 0 fully saturated rings. The van der Waals surface area contributed by atoms with Crippen LogP contribution in [0.2, 0.25) is 0 Å². The number of rotatable bonds is 4. The van der Waals surface area contributed by atoms with Crippen molar-refractivity contribution in [1.29, 1.82) is 0 Å². The summed E-state index contributed by atoms with van der Waals surface area (Å²) in [5.41, 5.74) is 0.919. The normalized spacial score (nSPS) is 11.9.